The second-order valence-electron chi connectivity index (χ2n) is 3.33. The van der Waals surface area contributed by atoms with Gasteiger partial charge in [0.15, 0.2) is 0 Å². The maximum atomic E-state index is 4.32. The largest absolute Gasteiger partial charge is 0.254 e. The van der Waals surface area contributed by atoms with Gasteiger partial charge in [0.1, 0.15) is 10.7 Å². The molecule has 0 saturated heterocycles. The van der Waals surface area contributed by atoms with E-state index in [1.807, 2.05) is 18.2 Å². The van der Waals surface area contributed by atoms with E-state index in [4.69, 9.17) is 0 Å². The summed E-state index contributed by atoms with van der Waals surface area (Å²) in [5.74, 6) is 1.10. The average Bonchev–Trinajstić information content (AvgIpc) is 2.79. The Morgan fingerprint density at radius 2 is 2.25 bits per heavy atom. The Hall–Kier alpha value is -0.940. The molecule has 0 bridgehead atoms. The van der Waals surface area contributed by atoms with E-state index < -0.39 is 0 Å². The summed E-state index contributed by atoms with van der Waals surface area (Å²) in [7, 11) is 0. The van der Waals surface area contributed by atoms with Crippen LogP contribution >= 0.6 is 23.5 Å². The van der Waals surface area contributed by atoms with Crippen molar-refractivity contribution in [3.63, 3.8) is 0 Å². The third kappa shape index (κ3) is 2.80. The zero-order valence-corrected chi connectivity index (χ0v) is 10.7. The molecule has 5 heteroatoms. The Kier molecular flexibility index (Phi) is 4.30. The number of hydrogen-bond acceptors (Lipinski definition) is 5. The minimum Gasteiger partial charge on any atom is -0.254 e. The SMILES string of the molecule is CCCCSc1nsnc1-c1ccccn1. The maximum absolute atomic E-state index is 4.32. The van der Waals surface area contributed by atoms with Crippen molar-refractivity contribution in [2.75, 3.05) is 5.75 Å². The average molecular weight is 251 g/mol. The van der Waals surface area contributed by atoms with Crippen molar-refractivity contribution in [3.05, 3.63) is 24.4 Å². The van der Waals surface area contributed by atoms with Crippen molar-refractivity contribution in [3.8, 4) is 11.4 Å². The van der Waals surface area contributed by atoms with Gasteiger partial charge in [-0.15, -0.1) is 11.8 Å². The highest BCUT2D eigenvalue weighted by Gasteiger charge is 2.11. The van der Waals surface area contributed by atoms with E-state index in [0.717, 1.165) is 22.2 Å². The van der Waals surface area contributed by atoms with Crippen molar-refractivity contribution >= 4 is 23.5 Å². The molecule has 3 nitrogen and oxygen atoms in total. The molecule has 2 heterocycles. The molecule has 0 spiro atoms. The molecule has 0 aliphatic heterocycles. The molecule has 2 aromatic rings. The van der Waals surface area contributed by atoms with E-state index >= 15 is 0 Å². The van der Waals surface area contributed by atoms with Crippen molar-refractivity contribution in [1.29, 1.82) is 0 Å². The number of nitrogens with zero attached hydrogens (tertiary/aromatic N) is 3. The summed E-state index contributed by atoms with van der Waals surface area (Å²) in [4.78, 5) is 4.30. The zero-order chi connectivity index (χ0) is 11.2. The quantitative estimate of drug-likeness (QED) is 0.602. The maximum Gasteiger partial charge on any atom is 0.140 e. The minimum atomic E-state index is 0.912. The first-order chi connectivity index (χ1) is 7.92. The van der Waals surface area contributed by atoms with Crippen molar-refractivity contribution < 1.29 is 0 Å². The summed E-state index contributed by atoms with van der Waals surface area (Å²) in [5.41, 5.74) is 1.84. The van der Waals surface area contributed by atoms with Gasteiger partial charge >= 0.3 is 0 Å². The first-order valence-electron chi connectivity index (χ1n) is 5.28. The Morgan fingerprint density at radius 1 is 1.31 bits per heavy atom. The number of pyridine rings is 1. The molecular formula is C11H13N3S2. The predicted octanol–water partition coefficient (Wildman–Crippen LogP) is 3.49. The van der Waals surface area contributed by atoms with Gasteiger partial charge in [0.05, 0.1) is 17.4 Å². The van der Waals surface area contributed by atoms with Gasteiger partial charge in [-0.1, -0.05) is 19.4 Å². The topological polar surface area (TPSA) is 38.7 Å². The highest BCUT2D eigenvalue weighted by molar-refractivity contribution is 7.99. The Labute approximate surface area is 104 Å². The lowest BCUT2D eigenvalue weighted by Crippen LogP contribution is -1.86. The van der Waals surface area contributed by atoms with Crippen LogP contribution in [-0.4, -0.2) is 19.5 Å². The van der Waals surface area contributed by atoms with Gasteiger partial charge in [-0.25, -0.2) is 0 Å². The molecule has 0 atom stereocenters. The van der Waals surface area contributed by atoms with Crippen LogP contribution < -0.4 is 0 Å². The highest BCUT2D eigenvalue weighted by Crippen LogP contribution is 2.28. The Bertz CT molecular complexity index is 428. The molecule has 84 valence electrons. The Morgan fingerprint density at radius 3 is 3.00 bits per heavy atom. The van der Waals surface area contributed by atoms with Gasteiger partial charge in [0.25, 0.3) is 0 Å². The molecule has 0 saturated carbocycles. The summed E-state index contributed by atoms with van der Waals surface area (Å²) in [6.07, 6.45) is 4.21. The number of rotatable bonds is 5. The van der Waals surface area contributed by atoms with Gasteiger partial charge in [0.2, 0.25) is 0 Å². The van der Waals surface area contributed by atoms with Gasteiger partial charge in [0, 0.05) is 6.20 Å². The Balaban J connectivity index is 2.13. The van der Waals surface area contributed by atoms with E-state index in [-0.39, 0.29) is 0 Å². The summed E-state index contributed by atoms with van der Waals surface area (Å²) in [5, 5.41) is 1.01. The number of thioether (sulfide) groups is 1. The van der Waals surface area contributed by atoms with Crippen LogP contribution in [0.1, 0.15) is 19.8 Å². The van der Waals surface area contributed by atoms with Crippen molar-refractivity contribution in [1.82, 2.24) is 13.7 Å². The fourth-order valence-corrected chi connectivity index (χ4v) is 2.99. The lowest BCUT2D eigenvalue weighted by Gasteiger charge is -1.99. The lowest BCUT2D eigenvalue weighted by molar-refractivity contribution is 0.895. The van der Waals surface area contributed by atoms with Crippen LogP contribution in [-0.2, 0) is 0 Å². The fraction of sp³-hybridized carbons (Fsp3) is 0.364. The lowest BCUT2D eigenvalue weighted by atomic mass is 10.3. The molecule has 0 fully saturated rings. The summed E-state index contributed by atoms with van der Waals surface area (Å²) < 4.78 is 8.63. The van der Waals surface area contributed by atoms with E-state index in [1.54, 1.807) is 18.0 Å². The third-order valence-electron chi connectivity index (χ3n) is 2.10. The zero-order valence-electron chi connectivity index (χ0n) is 9.09. The van der Waals surface area contributed by atoms with Gasteiger partial charge < -0.3 is 0 Å². The van der Waals surface area contributed by atoms with Crippen LogP contribution in [0, 0.1) is 0 Å². The number of aromatic nitrogens is 3. The molecule has 0 aliphatic rings. The van der Waals surface area contributed by atoms with Crippen LogP contribution in [0.5, 0.6) is 0 Å². The van der Waals surface area contributed by atoms with Crippen LogP contribution in [0.4, 0.5) is 0 Å². The van der Waals surface area contributed by atoms with Gasteiger partial charge in [-0.2, -0.15) is 8.75 Å². The van der Waals surface area contributed by atoms with Gasteiger partial charge in [-0.05, 0) is 24.3 Å². The predicted molar refractivity (Wildman–Crippen MR) is 68.8 cm³/mol. The smallest absolute Gasteiger partial charge is 0.140 e. The number of unbranched alkanes of at least 4 members (excludes halogenated alkanes) is 1. The molecule has 16 heavy (non-hydrogen) atoms. The second-order valence-corrected chi connectivity index (χ2v) is 4.95. The van der Waals surface area contributed by atoms with E-state index in [0.29, 0.717) is 0 Å². The molecule has 0 amide bonds. The van der Waals surface area contributed by atoms with Crippen LogP contribution in [0.2, 0.25) is 0 Å². The standard InChI is InChI=1S/C11H13N3S2/c1-2-3-8-15-11-10(13-16-14-11)9-6-4-5-7-12-9/h4-7H,2-3,8H2,1H3. The highest BCUT2D eigenvalue weighted by atomic mass is 32.2. The first-order valence-corrected chi connectivity index (χ1v) is 7.00. The summed E-state index contributed by atoms with van der Waals surface area (Å²) >= 11 is 3.03. The van der Waals surface area contributed by atoms with E-state index in [2.05, 4.69) is 20.7 Å². The molecule has 0 radical (unpaired) electrons. The molecule has 0 unspecified atom stereocenters. The first kappa shape index (κ1) is 11.5. The summed E-state index contributed by atoms with van der Waals surface area (Å²) in [6, 6.07) is 5.86. The van der Waals surface area contributed by atoms with Crippen molar-refractivity contribution in [2.45, 2.75) is 24.8 Å². The normalized spacial score (nSPS) is 10.6. The van der Waals surface area contributed by atoms with Gasteiger partial charge in [-0.3, -0.25) is 4.98 Å². The van der Waals surface area contributed by atoms with Crippen LogP contribution in [0.3, 0.4) is 0 Å². The molecule has 0 aromatic carbocycles. The van der Waals surface area contributed by atoms with Crippen molar-refractivity contribution in [2.24, 2.45) is 0 Å². The second kappa shape index (κ2) is 5.96. The summed E-state index contributed by atoms with van der Waals surface area (Å²) in [6.45, 7) is 2.19. The number of hydrogen-bond donors (Lipinski definition) is 0. The molecule has 2 aromatic heterocycles. The monoisotopic (exact) mass is 251 g/mol. The minimum absolute atomic E-state index is 0.912. The molecular weight excluding hydrogens is 238 g/mol. The van der Waals surface area contributed by atoms with E-state index in [9.17, 15) is 0 Å². The van der Waals surface area contributed by atoms with Crippen LogP contribution in [0.25, 0.3) is 11.4 Å². The van der Waals surface area contributed by atoms with Crippen LogP contribution in [0.15, 0.2) is 29.4 Å². The molecule has 2 rings (SSSR count). The molecule has 0 N–H and O–H groups in total. The molecule has 0 aliphatic carbocycles. The third-order valence-corrected chi connectivity index (χ3v) is 3.80. The fourth-order valence-electron chi connectivity index (χ4n) is 1.25. The van der Waals surface area contributed by atoms with E-state index in [1.165, 1.54) is 24.6 Å².